The predicted octanol–water partition coefficient (Wildman–Crippen LogP) is 5.88. The summed E-state index contributed by atoms with van der Waals surface area (Å²) in [7, 11) is -4.78. The van der Waals surface area contributed by atoms with Crippen LogP contribution >= 0.6 is 38.5 Å². The van der Waals surface area contributed by atoms with Crippen LogP contribution in [0.1, 0.15) is 21.5 Å². The SMILES string of the molecule is O=C(NCc1ccccc1OCI)c1cc(Br)ccc1NS(=O)(=O)c1ccc(C(F)(F)F)cc1[N+](=O)[O-]. The molecule has 0 unspecified atom stereocenters. The van der Waals surface area contributed by atoms with E-state index in [1.165, 1.54) is 18.2 Å². The molecule has 1 amide bonds. The first-order valence-corrected chi connectivity index (χ1v) is 13.9. The zero-order chi connectivity index (χ0) is 27.4. The van der Waals surface area contributed by atoms with Crippen LogP contribution < -0.4 is 14.8 Å². The van der Waals surface area contributed by atoms with Gasteiger partial charge in [-0.15, -0.1) is 0 Å². The van der Waals surface area contributed by atoms with Crippen LogP contribution in [0.5, 0.6) is 5.75 Å². The van der Waals surface area contributed by atoms with E-state index in [9.17, 15) is 36.5 Å². The van der Waals surface area contributed by atoms with E-state index in [2.05, 4.69) is 26.0 Å². The van der Waals surface area contributed by atoms with E-state index >= 15 is 0 Å². The van der Waals surface area contributed by atoms with Crippen LogP contribution in [0.3, 0.4) is 0 Å². The molecule has 0 saturated heterocycles. The van der Waals surface area contributed by atoms with Crippen LogP contribution in [0.2, 0.25) is 0 Å². The molecule has 196 valence electrons. The Bertz CT molecular complexity index is 1450. The number of carbonyl (C=O) groups is 1. The smallest absolute Gasteiger partial charge is 0.416 e. The van der Waals surface area contributed by atoms with E-state index < -0.39 is 43.2 Å². The highest BCUT2D eigenvalue weighted by Gasteiger charge is 2.35. The lowest BCUT2D eigenvalue weighted by Crippen LogP contribution is -2.25. The topological polar surface area (TPSA) is 128 Å². The Balaban J connectivity index is 1.93. The van der Waals surface area contributed by atoms with Crippen molar-refractivity contribution in [1.29, 1.82) is 0 Å². The number of nitro benzene ring substituents is 1. The second-order valence-corrected chi connectivity index (χ2v) is 10.5. The maximum Gasteiger partial charge on any atom is 0.416 e. The van der Waals surface area contributed by atoms with Crippen LogP contribution in [0.25, 0.3) is 0 Å². The number of carbonyl (C=O) groups excluding carboxylic acids is 1. The minimum Gasteiger partial charge on any atom is -0.483 e. The maximum atomic E-state index is 13.0. The quantitative estimate of drug-likeness (QED) is 0.124. The van der Waals surface area contributed by atoms with E-state index in [1.54, 1.807) is 24.3 Å². The molecule has 0 bridgehead atoms. The number of halogens is 5. The average molecular weight is 714 g/mol. The Morgan fingerprint density at radius 1 is 1.11 bits per heavy atom. The number of hydrogen-bond acceptors (Lipinski definition) is 6. The Labute approximate surface area is 230 Å². The normalized spacial score (nSPS) is 11.6. The lowest BCUT2D eigenvalue weighted by atomic mass is 10.1. The number of rotatable bonds is 9. The summed E-state index contributed by atoms with van der Waals surface area (Å²) in [6, 6.07) is 12.0. The molecule has 37 heavy (non-hydrogen) atoms. The summed E-state index contributed by atoms with van der Waals surface area (Å²) in [5.74, 6) is -0.146. The van der Waals surface area contributed by atoms with Crippen molar-refractivity contribution in [3.05, 3.63) is 91.9 Å². The monoisotopic (exact) mass is 713 g/mol. The Hall–Kier alpha value is -2.92. The van der Waals surface area contributed by atoms with Crippen molar-refractivity contribution < 1.29 is 36.0 Å². The maximum absolute atomic E-state index is 13.0. The van der Waals surface area contributed by atoms with Gasteiger partial charge in [0.25, 0.3) is 21.6 Å². The van der Waals surface area contributed by atoms with Crippen molar-refractivity contribution in [1.82, 2.24) is 5.32 Å². The number of alkyl halides is 4. The lowest BCUT2D eigenvalue weighted by Gasteiger charge is -2.15. The molecular formula is C22H16BrF3IN3O6S. The summed E-state index contributed by atoms with van der Waals surface area (Å²) in [5.41, 5.74) is -2.37. The van der Waals surface area contributed by atoms with Gasteiger partial charge < -0.3 is 10.1 Å². The minimum atomic E-state index is -4.92. The predicted molar refractivity (Wildman–Crippen MR) is 140 cm³/mol. The number of amides is 1. The summed E-state index contributed by atoms with van der Waals surface area (Å²) in [6.07, 6.45) is -4.92. The minimum absolute atomic E-state index is 0.0364. The standard InChI is InChI=1S/C22H16BrF3IN3O6S/c23-15-6-7-17(16(10-15)21(31)28-11-13-3-1-2-4-19(13)36-12-27)29-37(34,35)20-8-5-14(22(24,25)26)9-18(20)30(32)33/h1-10,29H,11-12H2,(H,28,31). The molecule has 0 saturated carbocycles. The molecule has 9 nitrogen and oxygen atoms in total. The Morgan fingerprint density at radius 3 is 2.46 bits per heavy atom. The van der Waals surface area contributed by atoms with Crippen molar-refractivity contribution >= 4 is 65.8 Å². The van der Waals surface area contributed by atoms with Crippen LogP contribution in [-0.2, 0) is 22.7 Å². The number of ether oxygens (including phenoxy) is 1. The second kappa shape index (κ2) is 11.6. The van der Waals surface area contributed by atoms with E-state index in [0.717, 1.165) is 0 Å². The number of hydrogen-bond donors (Lipinski definition) is 2. The van der Waals surface area contributed by atoms with Gasteiger partial charge in [-0.25, -0.2) is 8.42 Å². The highest BCUT2D eigenvalue weighted by Crippen LogP contribution is 2.35. The summed E-state index contributed by atoms with van der Waals surface area (Å²) in [6.45, 7) is 0.0364. The van der Waals surface area contributed by atoms with Gasteiger partial charge in [0.15, 0.2) is 4.90 Å². The van der Waals surface area contributed by atoms with E-state index in [0.29, 0.717) is 32.5 Å². The molecule has 0 fully saturated rings. The molecule has 2 N–H and O–H groups in total. The third kappa shape index (κ3) is 7.10. The molecule has 0 aliphatic carbocycles. The summed E-state index contributed by atoms with van der Waals surface area (Å²) in [4.78, 5) is 22.1. The molecule has 15 heteroatoms. The Kier molecular flexibility index (Phi) is 9.01. The number of para-hydroxylation sites is 1. The number of anilines is 1. The molecular weight excluding hydrogens is 698 g/mol. The third-order valence-corrected chi connectivity index (χ3v) is 7.08. The van der Waals surface area contributed by atoms with Gasteiger partial charge in [-0.05, 0) is 59.0 Å². The van der Waals surface area contributed by atoms with Gasteiger partial charge in [0, 0.05) is 22.6 Å². The first-order valence-electron chi connectivity index (χ1n) is 10.1. The second-order valence-electron chi connectivity index (χ2n) is 7.28. The number of nitro groups is 1. The van der Waals surface area contributed by atoms with Gasteiger partial charge in [-0.3, -0.25) is 19.6 Å². The van der Waals surface area contributed by atoms with Crippen molar-refractivity contribution in [2.24, 2.45) is 0 Å². The molecule has 0 atom stereocenters. The van der Waals surface area contributed by atoms with Gasteiger partial charge in [0.1, 0.15) is 10.4 Å². The molecule has 3 rings (SSSR count). The van der Waals surface area contributed by atoms with Gasteiger partial charge in [-0.2, -0.15) is 13.2 Å². The molecule has 0 aliphatic heterocycles. The van der Waals surface area contributed by atoms with Gasteiger partial charge in [0.05, 0.1) is 21.7 Å². The lowest BCUT2D eigenvalue weighted by molar-refractivity contribution is -0.388. The van der Waals surface area contributed by atoms with Crippen molar-refractivity contribution in [3.8, 4) is 5.75 Å². The van der Waals surface area contributed by atoms with Crippen molar-refractivity contribution in [3.63, 3.8) is 0 Å². The van der Waals surface area contributed by atoms with Crippen molar-refractivity contribution in [2.75, 3.05) is 9.34 Å². The van der Waals surface area contributed by atoms with E-state index in [-0.39, 0.29) is 23.9 Å². The molecule has 0 aliphatic rings. The van der Waals surface area contributed by atoms with Crippen LogP contribution in [0.4, 0.5) is 24.5 Å². The zero-order valence-corrected chi connectivity index (χ0v) is 22.9. The third-order valence-electron chi connectivity index (χ3n) is 4.87. The van der Waals surface area contributed by atoms with E-state index in [4.69, 9.17) is 4.74 Å². The fourth-order valence-corrected chi connectivity index (χ4v) is 5.11. The number of nitrogens with one attached hydrogen (secondary N) is 2. The fraction of sp³-hybridized carbons (Fsp3) is 0.136. The average Bonchev–Trinajstić information content (AvgIpc) is 2.83. The van der Waals surface area contributed by atoms with Crippen LogP contribution in [0.15, 0.2) is 70.0 Å². The first kappa shape index (κ1) is 28.6. The van der Waals surface area contributed by atoms with Gasteiger partial charge in [0.2, 0.25) is 0 Å². The summed E-state index contributed by atoms with van der Waals surface area (Å²) < 4.78 is 73.4. The molecule has 3 aromatic rings. The first-order chi connectivity index (χ1) is 17.3. The zero-order valence-electron chi connectivity index (χ0n) is 18.4. The number of benzene rings is 3. The number of nitrogens with zero attached hydrogens (tertiary/aromatic N) is 1. The molecule has 0 radical (unpaired) electrons. The van der Waals surface area contributed by atoms with E-state index in [1.807, 2.05) is 22.6 Å². The molecule has 0 spiro atoms. The molecule has 3 aromatic carbocycles. The van der Waals surface area contributed by atoms with Gasteiger partial charge in [-0.1, -0.05) is 34.1 Å². The van der Waals surface area contributed by atoms with Crippen molar-refractivity contribution in [2.45, 2.75) is 17.6 Å². The summed E-state index contributed by atoms with van der Waals surface area (Å²) in [5, 5.41) is 14.0. The number of sulfonamides is 1. The molecule has 0 aromatic heterocycles. The van der Waals surface area contributed by atoms with Crippen LogP contribution in [-0.4, -0.2) is 23.9 Å². The fourth-order valence-electron chi connectivity index (χ4n) is 3.18. The highest BCUT2D eigenvalue weighted by molar-refractivity contribution is 14.1. The highest BCUT2D eigenvalue weighted by atomic mass is 127. The van der Waals surface area contributed by atoms with Crippen LogP contribution in [0, 0.1) is 10.1 Å². The largest absolute Gasteiger partial charge is 0.483 e. The molecule has 0 heterocycles. The Morgan fingerprint density at radius 2 is 1.81 bits per heavy atom. The summed E-state index contributed by atoms with van der Waals surface area (Å²) >= 11 is 5.22. The van der Waals surface area contributed by atoms with Gasteiger partial charge >= 0.3 is 6.18 Å².